The molecule has 0 radical (unpaired) electrons. The van der Waals surface area contributed by atoms with Crippen molar-refractivity contribution in [3.05, 3.63) is 12.2 Å². The van der Waals surface area contributed by atoms with Crippen LogP contribution in [0.25, 0.3) is 0 Å². The number of hydrogen-bond donors (Lipinski definition) is 3. The molecule has 0 saturated heterocycles. The average Bonchev–Trinajstić information content (AvgIpc) is 3.49. The SMILES string of the molecule is CCCCCCCCCCCCCCCCCCC(=O)OCCCCCCCCCCCCCCCCCC/C=C\CCCCCCCCCCCCCCCCCCCC(=O)NC(CO)C(O)CCCCCCCCCCCCCCC. The molecule has 0 spiro atoms. The van der Waals surface area contributed by atoms with Crippen LogP contribution < -0.4 is 5.32 Å². The first-order valence-corrected chi connectivity index (χ1v) is 38.4. The molecule has 2 unspecified atom stereocenters. The third kappa shape index (κ3) is 69.6. The summed E-state index contributed by atoms with van der Waals surface area (Å²) < 4.78 is 5.51. The Morgan fingerprint density at radius 2 is 0.566 bits per heavy atom. The summed E-state index contributed by atoms with van der Waals surface area (Å²) in [6.45, 7) is 5.00. The normalized spacial score (nSPS) is 12.5. The lowest BCUT2D eigenvalue weighted by atomic mass is 10.0. The summed E-state index contributed by atoms with van der Waals surface area (Å²) in [7, 11) is 0. The summed E-state index contributed by atoms with van der Waals surface area (Å²) >= 11 is 0. The zero-order chi connectivity index (χ0) is 59.9. The van der Waals surface area contributed by atoms with Crippen LogP contribution in [0.2, 0.25) is 0 Å². The number of aliphatic hydroxyl groups excluding tert-OH is 2. The lowest BCUT2D eigenvalue weighted by Crippen LogP contribution is -2.45. The molecular formula is C77H151NO5. The monoisotopic (exact) mass is 1170 g/mol. The number of amides is 1. The van der Waals surface area contributed by atoms with Crippen molar-refractivity contribution < 1.29 is 24.5 Å². The van der Waals surface area contributed by atoms with Gasteiger partial charge in [-0.25, -0.2) is 0 Å². The molecule has 83 heavy (non-hydrogen) atoms. The smallest absolute Gasteiger partial charge is 0.305 e. The van der Waals surface area contributed by atoms with Gasteiger partial charge in [-0.05, 0) is 51.4 Å². The summed E-state index contributed by atoms with van der Waals surface area (Å²) in [6.07, 6.45) is 91.6. The van der Waals surface area contributed by atoms with Gasteiger partial charge in [0.2, 0.25) is 5.91 Å². The minimum Gasteiger partial charge on any atom is -0.466 e. The van der Waals surface area contributed by atoms with Crippen molar-refractivity contribution in [1.82, 2.24) is 5.32 Å². The molecule has 0 fully saturated rings. The Morgan fingerprint density at radius 3 is 0.855 bits per heavy atom. The van der Waals surface area contributed by atoms with Gasteiger partial charge in [-0.2, -0.15) is 0 Å². The van der Waals surface area contributed by atoms with E-state index >= 15 is 0 Å². The predicted octanol–water partition coefficient (Wildman–Crippen LogP) is 25.1. The summed E-state index contributed by atoms with van der Waals surface area (Å²) in [6, 6.07) is -0.537. The minimum atomic E-state index is -0.660. The van der Waals surface area contributed by atoms with Crippen molar-refractivity contribution in [3.63, 3.8) is 0 Å². The van der Waals surface area contributed by atoms with E-state index in [1.54, 1.807) is 0 Å². The molecule has 0 aromatic carbocycles. The predicted molar refractivity (Wildman–Crippen MR) is 366 cm³/mol. The third-order valence-electron chi connectivity index (χ3n) is 18.3. The molecule has 6 nitrogen and oxygen atoms in total. The molecule has 0 rings (SSSR count). The molecule has 0 saturated carbocycles. The first kappa shape index (κ1) is 81.6. The highest BCUT2D eigenvalue weighted by Gasteiger charge is 2.20. The number of carbonyl (C=O) groups excluding carboxylic acids is 2. The fourth-order valence-corrected chi connectivity index (χ4v) is 12.5. The average molecular weight is 1170 g/mol. The Hall–Kier alpha value is -1.40. The van der Waals surface area contributed by atoms with Gasteiger partial charge in [0.05, 0.1) is 25.4 Å². The number of nitrogens with one attached hydrogen (secondary N) is 1. The van der Waals surface area contributed by atoms with Gasteiger partial charge in [0.1, 0.15) is 0 Å². The van der Waals surface area contributed by atoms with E-state index in [4.69, 9.17) is 4.74 Å². The molecule has 0 bridgehead atoms. The van der Waals surface area contributed by atoms with Crippen LogP contribution in [-0.4, -0.2) is 47.4 Å². The molecule has 6 heteroatoms. The van der Waals surface area contributed by atoms with Crippen molar-refractivity contribution in [1.29, 1.82) is 0 Å². The van der Waals surface area contributed by atoms with E-state index in [9.17, 15) is 19.8 Å². The number of ether oxygens (including phenoxy) is 1. The molecule has 0 heterocycles. The highest BCUT2D eigenvalue weighted by atomic mass is 16.5. The molecule has 494 valence electrons. The number of esters is 1. The van der Waals surface area contributed by atoms with E-state index in [1.165, 1.54) is 372 Å². The maximum atomic E-state index is 12.5. The van der Waals surface area contributed by atoms with Crippen LogP contribution in [0.4, 0.5) is 0 Å². The minimum absolute atomic E-state index is 0.0260. The molecule has 2 atom stereocenters. The van der Waals surface area contributed by atoms with Crippen LogP contribution in [0.5, 0.6) is 0 Å². The molecule has 0 aliphatic carbocycles. The topological polar surface area (TPSA) is 95.9 Å². The summed E-state index contributed by atoms with van der Waals surface area (Å²) in [5.74, 6) is -0.00221. The first-order valence-electron chi connectivity index (χ1n) is 38.4. The van der Waals surface area contributed by atoms with Crippen molar-refractivity contribution in [2.75, 3.05) is 13.2 Å². The molecular weight excluding hydrogens is 1020 g/mol. The van der Waals surface area contributed by atoms with Crippen molar-refractivity contribution >= 4 is 11.9 Å². The molecule has 0 aliphatic heterocycles. The Balaban J connectivity index is 3.30. The fourth-order valence-electron chi connectivity index (χ4n) is 12.5. The van der Waals surface area contributed by atoms with Crippen molar-refractivity contribution in [2.24, 2.45) is 0 Å². The Bertz CT molecular complexity index is 1260. The van der Waals surface area contributed by atoms with Gasteiger partial charge in [-0.1, -0.05) is 392 Å². The van der Waals surface area contributed by atoms with Crippen LogP contribution in [0.15, 0.2) is 12.2 Å². The fraction of sp³-hybridized carbons (Fsp3) is 0.948. The molecule has 0 aromatic heterocycles. The van der Waals surface area contributed by atoms with Gasteiger partial charge in [0, 0.05) is 12.8 Å². The maximum absolute atomic E-state index is 12.5. The molecule has 0 aliphatic rings. The first-order chi connectivity index (χ1) is 41.0. The Kier molecular flexibility index (Phi) is 71.8. The summed E-state index contributed by atoms with van der Waals surface area (Å²) in [4.78, 5) is 24.6. The Morgan fingerprint density at radius 1 is 0.325 bits per heavy atom. The molecule has 0 aromatic rings. The number of allylic oxidation sites excluding steroid dienone is 2. The van der Waals surface area contributed by atoms with E-state index in [0.717, 1.165) is 38.5 Å². The molecule has 1 amide bonds. The van der Waals surface area contributed by atoms with E-state index in [1.807, 2.05) is 0 Å². The quantitative estimate of drug-likeness (QED) is 0.0320. The van der Waals surface area contributed by atoms with E-state index in [0.29, 0.717) is 25.9 Å². The highest BCUT2D eigenvalue weighted by molar-refractivity contribution is 5.76. The van der Waals surface area contributed by atoms with Crippen molar-refractivity contribution in [3.8, 4) is 0 Å². The van der Waals surface area contributed by atoms with Crippen LogP contribution in [0, 0.1) is 0 Å². The van der Waals surface area contributed by atoms with E-state index in [2.05, 4.69) is 31.3 Å². The van der Waals surface area contributed by atoms with Crippen molar-refractivity contribution in [2.45, 2.75) is 456 Å². The number of aliphatic hydroxyl groups is 2. The number of carbonyl (C=O) groups is 2. The van der Waals surface area contributed by atoms with Gasteiger partial charge in [0.25, 0.3) is 0 Å². The van der Waals surface area contributed by atoms with Gasteiger partial charge in [-0.3, -0.25) is 9.59 Å². The number of rotatable bonds is 73. The maximum Gasteiger partial charge on any atom is 0.305 e. The van der Waals surface area contributed by atoms with E-state index < -0.39 is 12.1 Å². The van der Waals surface area contributed by atoms with E-state index in [-0.39, 0.29) is 18.5 Å². The highest BCUT2D eigenvalue weighted by Crippen LogP contribution is 2.20. The standard InChI is InChI=1S/C77H151NO5/c1-3-5-7-9-11-13-15-17-18-43-47-51-55-59-63-67-71-77(82)83-72-68-64-60-56-52-48-44-41-39-37-35-33-31-29-27-25-23-21-19-20-22-24-26-28-30-32-34-36-38-40-42-46-50-54-58-62-66-70-76(81)78-74(73-79)75(80)69-65-61-57-53-49-45-16-14-12-10-8-6-4-2/h19,21,74-75,79-80H,3-18,20,22-73H2,1-2H3,(H,78,81)/b21-19-. The number of unbranched alkanes of at least 4 members (excludes halogenated alkanes) is 60. The largest absolute Gasteiger partial charge is 0.466 e. The Labute approximate surface area is 520 Å². The molecule has 3 N–H and O–H groups in total. The lowest BCUT2D eigenvalue weighted by Gasteiger charge is -2.22. The lowest BCUT2D eigenvalue weighted by molar-refractivity contribution is -0.143. The van der Waals surface area contributed by atoms with Crippen LogP contribution in [0.3, 0.4) is 0 Å². The second kappa shape index (κ2) is 73.1. The van der Waals surface area contributed by atoms with Gasteiger partial charge < -0.3 is 20.3 Å². The van der Waals surface area contributed by atoms with Gasteiger partial charge in [-0.15, -0.1) is 0 Å². The third-order valence-corrected chi connectivity index (χ3v) is 18.3. The van der Waals surface area contributed by atoms with Crippen LogP contribution >= 0.6 is 0 Å². The van der Waals surface area contributed by atoms with Crippen LogP contribution in [-0.2, 0) is 14.3 Å². The summed E-state index contributed by atoms with van der Waals surface area (Å²) in [5, 5.41) is 23.3. The zero-order valence-corrected chi connectivity index (χ0v) is 56.7. The number of hydrogen-bond acceptors (Lipinski definition) is 5. The van der Waals surface area contributed by atoms with Gasteiger partial charge in [0.15, 0.2) is 0 Å². The van der Waals surface area contributed by atoms with Crippen LogP contribution in [0.1, 0.15) is 444 Å². The summed E-state index contributed by atoms with van der Waals surface area (Å²) in [5.41, 5.74) is 0. The second-order valence-electron chi connectivity index (χ2n) is 26.7. The second-order valence-corrected chi connectivity index (χ2v) is 26.7. The zero-order valence-electron chi connectivity index (χ0n) is 56.7. The van der Waals surface area contributed by atoms with Gasteiger partial charge >= 0.3 is 5.97 Å².